The van der Waals surface area contributed by atoms with Crippen LogP contribution in [0.25, 0.3) is 0 Å². The van der Waals surface area contributed by atoms with Crippen LogP contribution in [0.2, 0.25) is 0 Å². The first-order valence-corrected chi connectivity index (χ1v) is 6.74. The van der Waals surface area contributed by atoms with Crippen molar-refractivity contribution in [3.8, 4) is 0 Å². The fourth-order valence-corrected chi connectivity index (χ4v) is 2.73. The van der Waals surface area contributed by atoms with Crippen LogP contribution in [0.1, 0.15) is 12.8 Å². The minimum absolute atomic E-state index is 0.235. The van der Waals surface area contributed by atoms with E-state index in [0.717, 1.165) is 13.0 Å². The number of unbranched alkanes of at least 4 members (excludes halogenated alkanes) is 1. The molecule has 0 saturated heterocycles. The predicted molar refractivity (Wildman–Crippen MR) is 61.7 cm³/mol. The standard InChI is InChI=1S/C11H17NO2S/c1-12-9-5-6-10-15(13,14)11-7-3-2-4-8-11/h2-4,7-8,12H,5-6,9-10H2,1H3. The molecule has 0 aliphatic rings. The van der Waals surface area contributed by atoms with Gasteiger partial charge in [-0.1, -0.05) is 18.2 Å². The van der Waals surface area contributed by atoms with Crippen LogP contribution in [-0.2, 0) is 9.84 Å². The van der Waals surface area contributed by atoms with E-state index < -0.39 is 9.84 Å². The number of hydrogen-bond acceptors (Lipinski definition) is 3. The van der Waals surface area contributed by atoms with Crippen molar-refractivity contribution in [3.63, 3.8) is 0 Å². The van der Waals surface area contributed by atoms with Crippen LogP contribution in [0.3, 0.4) is 0 Å². The van der Waals surface area contributed by atoms with E-state index in [1.165, 1.54) is 0 Å². The van der Waals surface area contributed by atoms with Crippen LogP contribution in [-0.4, -0.2) is 27.8 Å². The highest BCUT2D eigenvalue weighted by molar-refractivity contribution is 7.91. The minimum atomic E-state index is -3.07. The van der Waals surface area contributed by atoms with E-state index in [9.17, 15) is 8.42 Å². The zero-order valence-corrected chi connectivity index (χ0v) is 9.76. The Morgan fingerprint density at radius 1 is 1.13 bits per heavy atom. The number of nitrogens with one attached hydrogen (secondary N) is 1. The van der Waals surface area contributed by atoms with Gasteiger partial charge in [-0.25, -0.2) is 8.42 Å². The van der Waals surface area contributed by atoms with Crippen molar-refractivity contribution in [3.05, 3.63) is 30.3 Å². The lowest BCUT2D eigenvalue weighted by atomic mass is 10.3. The smallest absolute Gasteiger partial charge is 0.178 e. The maximum Gasteiger partial charge on any atom is 0.178 e. The van der Waals surface area contributed by atoms with Crippen molar-refractivity contribution in [2.24, 2.45) is 0 Å². The van der Waals surface area contributed by atoms with E-state index in [4.69, 9.17) is 0 Å². The largest absolute Gasteiger partial charge is 0.320 e. The topological polar surface area (TPSA) is 46.2 Å². The summed E-state index contributed by atoms with van der Waals surface area (Å²) in [5.74, 6) is 0.235. The van der Waals surface area contributed by atoms with Crippen LogP contribution >= 0.6 is 0 Å². The fraction of sp³-hybridized carbons (Fsp3) is 0.455. The Balaban J connectivity index is 2.53. The van der Waals surface area contributed by atoms with Gasteiger partial charge >= 0.3 is 0 Å². The third-order valence-electron chi connectivity index (χ3n) is 2.19. The molecule has 1 aromatic rings. The van der Waals surface area contributed by atoms with Gasteiger partial charge in [0.1, 0.15) is 0 Å². The quantitative estimate of drug-likeness (QED) is 0.748. The van der Waals surface area contributed by atoms with Crippen molar-refractivity contribution < 1.29 is 8.42 Å². The minimum Gasteiger partial charge on any atom is -0.320 e. The lowest BCUT2D eigenvalue weighted by Crippen LogP contribution is -2.11. The fourth-order valence-electron chi connectivity index (χ4n) is 1.34. The van der Waals surface area contributed by atoms with E-state index in [2.05, 4.69) is 5.32 Å². The molecule has 1 rings (SSSR count). The normalized spacial score (nSPS) is 11.5. The molecule has 1 aromatic carbocycles. The molecule has 0 aromatic heterocycles. The molecule has 0 heterocycles. The van der Waals surface area contributed by atoms with Crippen LogP contribution in [0.4, 0.5) is 0 Å². The first-order chi connectivity index (χ1) is 7.17. The predicted octanol–water partition coefficient (Wildman–Crippen LogP) is 1.46. The summed E-state index contributed by atoms with van der Waals surface area (Å²) in [6.45, 7) is 0.865. The zero-order chi connectivity index (χ0) is 11.1. The Morgan fingerprint density at radius 3 is 2.40 bits per heavy atom. The Labute approximate surface area is 91.4 Å². The van der Waals surface area contributed by atoms with E-state index in [-0.39, 0.29) is 5.75 Å². The second-order valence-corrected chi connectivity index (χ2v) is 5.55. The molecule has 0 aliphatic heterocycles. The van der Waals surface area contributed by atoms with Crippen molar-refractivity contribution in [2.75, 3.05) is 19.3 Å². The average molecular weight is 227 g/mol. The third kappa shape index (κ3) is 4.01. The molecule has 1 N–H and O–H groups in total. The third-order valence-corrected chi connectivity index (χ3v) is 4.01. The van der Waals surface area contributed by atoms with Gasteiger partial charge in [-0.2, -0.15) is 0 Å². The highest BCUT2D eigenvalue weighted by Gasteiger charge is 2.12. The summed E-state index contributed by atoms with van der Waals surface area (Å²) in [7, 11) is -1.20. The van der Waals surface area contributed by atoms with Gasteiger partial charge in [0.25, 0.3) is 0 Å². The highest BCUT2D eigenvalue weighted by atomic mass is 32.2. The molecule has 3 nitrogen and oxygen atoms in total. The van der Waals surface area contributed by atoms with Gasteiger partial charge in [0, 0.05) is 0 Å². The summed E-state index contributed by atoms with van der Waals surface area (Å²) in [6, 6.07) is 8.61. The van der Waals surface area contributed by atoms with E-state index in [1.807, 2.05) is 13.1 Å². The molecule has 0 saturated carbocycles. The summed E-state index contributed by atoms with van der Waals surface area (Å²) in [5, 5.41) is 3.00. The molecule has 0 atom stereocenters. The maximum absolute atomic E-state index is 11.8. The van der Waals surface area contributed by atoms with Gasteiger partial charge in [0.15, 0.2) is 9.84 Å². The lowest BCUT2D eigenvalue weighted by molar-refractivity contribution is 0.590. The molecule has 15 heavy (non-hydrogen) atoms. The molecule has 0 spiro atoms. The van der Waals surface area contributed by atoms with Crippen LogP contribution in [0, 0.1) is 0 Å². The van der Waals surface area contributed by atoms with Crippen LogP contribution < -0.4 is 5.32 Å². The Kier molecular flexibility index (Phi) is 4.78. The van der Waals surface area contributed by atoms with Crippen LogP contribution in [0.15, 0.2) is 35.2 Å². The monoisotopic (exact) mass is 227 g/mol. The van der Waals surface area contributed by atoms with Crippen molar-refractivity contribution in [2.45, 2.75) is 17.7 Å². The SMILES string of the molecule is CNCCCCS(=O)(=O)c1ccccc1. The zero-order valence-electron chi connectivity index (χ0n) is 8.94. The number of hydrogen-bond donors (Lipinski definition) is 1. The molecule has 84 valence electrons. The molecule has 0 unspecified atom stereocenters. The second kappa shape index (κ2) is 5.88. The van der Waals surface area contributed by atoms with Crippen molar-refractivity contribution in [1.82, 2.24) is 5.32 Å². The van der Waals surface area contributed by atoms with Crippen molar-refractivity contribution in [1.29, 1.82) is 0 Å². The van der Waals surface area contributed by atoms with E-state index in [1.54, 1.807) is 24.3 Å². The van der Waals surface area contributed by atoms with Gasteiger partial charge in [-0.05, 0) is 38.6 Å². The summed E-state index contributed by atoms with van der Waals surface area (Å²) >= 11 is 0. The van der Waals surface area contributed by atoms with Crippen LogP contribution in [0.5, 0.6) is 0 Å². The lowest BCUT2D eigenvalue weighted by Gasteiger charge is -2.03. The maximum atomic E-state index is 11.8. The molecular formula is C11H17NO2S. The highest BCUT2D eigenvalue weighted by Crippen LogP contribution is 2.11. The Morgan fingerprint density at radius 2 is 1.80 bits per heavy atom. The second-order valence-electron chi connectivity index (χ2n) is 3.44. The number of benzene rings is 1. The van der Waals surface area contributed by atoms with Gasteiger partial charge in [-0.3, -0.25) is 0 Å². The summed E-state index contributed by atoms with van der Waals surface area (Å²) < 4.78 is 23.5. The summed E-state index contributed by atoms with van der Waals surface area (Å²) in [4.78, 5) is 0.425. The van der Waals surface area contributed by atoms with E-state index in [0.29, 0.717) is 11.3 Å². The van der Waals surface area contributed by atoms with Gasteiger partial charge < -0.3 is 5.32 Å². The number of rotatable bonds is 6. The summed E-state index contributed by atoms with van der Waals surface area (Å²) in [6.07, 6.45) is 1.60. The van der Waals surface area contributed by atoms with Gasteiger partial charge in [-0.15, -0.1) is 0 Å². The summed E-state index contributed by atoms with van der Waals surface area (Å²) in [5.41, 5.74) is 0. The van der Waals surface area contributed by atoms with Gasteiger partial charge in [0.05, 0.1) is 10.6 Å². The Hall–Kier alpha value is -0.870. The van der Waals surface area contributed by atoms with E-state index >= 15 is 0 Å². The molecule has 4 heteroatoms. The van der Waals surface area contributed by atoms with Crippen molar-refractivity contribution >= 4 is 9.84 Å². The average Bonchev–Trinajstić information content (AvgIpc) is 2.26. The van der Waals surface area contributed by atoms with Gasteiger partial charge in [0.2, 0.25) is 0 Å². The number of sulfone groups is 1. The molecule has 0 radical (unpaired) electrons. The molecule has 0 fully saturated rings. The molecule has 0 amide bonds. The Bertz CT molecular complexity index is 373. The molecule has 0 aliphatic carbocycles. The first-order valence-electron chi connectivity index (χ1n) is 5.09. The molecular weight excluding hydrogens is 210 g/mol. The molecule has 0 bridgehead atoms. The first kappa shape index (κ1) is 12.2.